The van der Waals surface area contributed by atoms with Crippen molar-refractivity contribution in [1.29, 1.82) is 0 Å². The number of carbonyl (C=O) groups excluding carboxylic acids is 1. The van der Waals surface area contributed by atoms with Gasteiger partial charge in [0.1, 0.15) is 5.82 Å². The van der Waals surface area contributed by atoms with Crippen LogP contribution in [0.25, 0.3) is 0 Å². The molecule has 2 aliphatic heterocycles. The van der Waals surface area contributed by atoms with Gasteiger partial charge in [-0.1, -0.05) is 18.2 Å². The molecule has 2 fully saturated rings. The summed E-state index contributed by atoms with van der Waals surface area (Å²) in [4.78, 5) is 17.3. The Balaban J connectivity index is 1.55. The van der Waals surface area contributed by atoms with E-state index in [0.29, 0.717) is 5.56 Å². The average Bonchev–Trinajstić information content (AvgIpc) is 3.18. The van der Waals surface area contributed by atoms with E-state index in [0.717, 1.165) is 56.9 Å². The number of rotatable bonds is 3. The number of morpholine rings is 1. The molecule has 0 unspecified atom stereocenters. The van der Waals surface area contributed by atoms with Crippen molar-refractivity contribution in [2.75, 3.05) is 37.7 Å². The van der Waals surface area contributed by atoms with Crippen LogP contribution in [-0.4, -0.2) is 43.7 Å². The number of anilines is 1. The molecule has 2 heterocycles. The van der Waals surface area contributed by atoms with Crippen molar-refractivity contribution < 1.29 is 13.9 Å². The van der Waals surface area contributed by atoms with Gasteiger partial charge in [0.2, 0.25) is 0 Å². The summed E-state index contributed by atoms with van der Waals surface area (Å²) in [5.41, 5.74) is 2.78. The zero-order chi connectivity index (χ0) is 17.9. The van der Waals surface area contributed by atoms with E-state index in [4.69, 9.17) is 4.74 Å². The Morgan fingerprint density at radius 1 is 1.04 bits per heavy atom. The van der Waals surface area contributed by atoms with E-state index < -0.39 is 0 Å². The first-order chi connectivity index (χ1) is 12.7. The Bertz CT molecular complexity index is 772. The van der Waals surface area contributed by atoms with Gasteiger partial charge in [0.25, 0.3) is 5.91 Å². The summed E-state index contributed by atoms with van der Waals surface area (Å²) in [6.45, 7) is 3.87. The van der Waals surface area contributed by atoms with Gasteiger partial charge in [-0.3, -0.25) is 4.79 Å². The molecule has 1 atom stereocenters. The number of halogens is 1. The molecule has 0 saturated carbocycles. The Morgan fingerprint density at radius 3 is 2.58 bits per heavy atom. The number of amides is 1. The highest BCUT2D eigenvalue weighted by Gasteiger charge is 2.30. The zero-order valence-electron chi connectivity index (χ0n) is 14.7. The SMILES string of the molecule is O=C(c1cccc(N2CCOCC2)c1)N1CCC[C@H]1c1ccc(F)cc1. The number of nitrogens with zero attached hydrogens (tertiary/aromatic N) is 2. The number of hydrogen-bond acceptors (Lipinski definition) is 3. The standard InChI is InChI=1S/C21H23FN2O2/c22-18-8-6-16(7-9-18)20-5-2-10-24(20)21(25)17-3-1-4-19(15-17)23-11-13-26-14-12-23/h1,3-4,6-9,15,20H,2,5,10-14H2/t20-/m0/s1. The Labute approximate surface area is 153 Å². The molecule has 4 rings (SSSR count). The van der Waals surface area contributed by atoms with E-state index >= 15 is 0 Å². The van der Waals surface area contributed by atoms with Crippen molar-refractivity contribution in [2.24, 2.45) is 0 Å². The number of hydrogen-bond donors (Lipinski definition) is 0. The second-order valence-corrected chi connectivity index (χ2v) is 6.86. The largest absolute Gasteiger partial charge is 0.378 e. The van der Waals surface area contributed by atoms with E-state index in [-0.39, 0.29) is 17.8 Å². The molecule has 0 N–H and O–H groups in total. The van der Waals surface area contributed by atoms with Gasteiger partial charge < -0.3 is 14.5 Å². The summed E-state index contributed by atoms with van der Waals surface area (Å²) in [7, 11) is 0. The molecular formula is C21H23FN2O2. The molecule has 4 nitrogen and oxygen atoms in total. The van der Waals surface area contributed by atoms with Crippen LogP contribution in [0.15, 0.2) is 48.5 Å². The summed E-state index contributed by atoms with van der Waals surface area (Å²) < 4.78 is 18.6. The molecular weight excluding hydrogens is 331 g/mol. The van der Waals surface area contributed by atoms with Crippen LogP contribution in [0.3, 0.4) is 0 Å². The lowest BCUT2D eigenvalue weighted by molar-refractivity contribution is 0.0735. The molecule has 0 aromatic heterocycles. The van der Waals surface area contributed by atoms with Crippen LogP contribution in [0.4, 0.5) is 10.1 Å². The van der Waals surface area contributed by atoms with Crippen LogP contribution < -0.4 is 4.90 Å². The van der Waals surface area contributed by atoms with Crippen molar-refractivity contribution in [3.8, 4) is 0 Å². The van der Waals surface area contributed by atoms with Crippen molar-refractivity contribution in [2.45, 2.75) is 18.9 Å². The highest BCUT2D eigenvalue weighted by atomic mass is 19.1. The van der Waals surface area contributed by atoms with Gasteiger partial charge >= 0.3 is 0 Å². The third kappa shape index (κ3) is 3.44. The average molecular weight is 354 g/mol. The minimum Gasteiger partial charge on any atom is -0.378 e. The minimum atomic E-state index is -0.247. The van der Waals surface area contributed by atoms with E-state index in [2.05, 4.69) is 4.90 Å². The Hall–Kier alpha value is -2.40. The monoisotopic (exact) mass is 354 g/mol. The predicted octanol–water partition coefficient (Wildman–Crippen LogP) is 3.64. The van der Waals surface area contributed by atoms with E-state index in [1.165, 1.54) is 12.1 Å². The third-order valence-electron chi connectivity index (χ3n) is 5.24. The summed E-state index contributed by atoms with van der Waals surface area (Å²) in [5, 5.41) is 0. The quantitative estimate of drug-likeness (QED) is 0.844. The zero-order valence-corrected chi connectivity index (χ0v) is 14.7. The molecule has 2 aliphatic rings. The van der Waals surface area contributed by atoms with Gasteiger partial charge in [-0.25, -0.2) is 4.39 Å². The van der Waals surface area contributed by atoms with Gasteiger partial charge in [0, 0.05) is 30.9 Å². The first-order valence-corrected chi connectivity index (χ1v) is 9.21. The Kier molecular flexibility index (Phi) is 4.89. The predicted molar refractivity (Wildman–Crippen MR) is 98.9 cm³/mol. The normalized spacial score (nSPS) is 20.4. The lowest BCUT2D eigenvalue weighted by atomic mass is 10.0. The molecule has 2 saturated heterocycles. The van der Waals surface area contributed by atoms with Crippen molar-refractivity contribution in [1.82, 2.24) is 4.90 Å². The number of ether oxygens (including phenoxy) is 1. The Morgan fingerprint density at radius 2 is 1.81 bits per heavy atom. The maximum Gasteiger partial charge on any atom is 0.254 e. The molecule has 136 valence electrons. The molecule has 5 heteroatoms. The minimum absolute atomic E-state index is 0.0233. The first-order valence-electron chi connectivity index (χ1n) is 9.21. The van der Waals surface area contributed by atoms with Gasteiger partial charge in [-0.15, -0.1) is 0 Å². The van der Waals surface area contributed by atoms with E-state index in [1.807, 2.05) is 29.2 Å². The van der Waals surface area contributed by atoms with Crippen molar-refractivity contribution in [3.05, 3.63) is 65.5 Å². The summed E-state index contributed by atoms with van der Waals surface area (Å²) >= 11 is 0. The van der Waals surface area contributed by atoms with Crippen LogP contribution in [0.2, 0.25) is 0 Å². The highest BCUT2D eigenvalue weighted by Crippen LogP contribution is 2.33. The van der Waals surface area contributed by atoms with Crippen LogP contribution in [0.5, 0.6) is 0 Å². The van der Waals surface area contributed by atoms with Crippen molar-refractivity contribution in [3.63, 3.8) is 0 Å². The number of carbonyl (C=O) groups is 1. The molecule has 2 aromatic rings. The summed E-state index contributed by atoms with van der Waals surface area (Å²) in [5.74, 6) is -0.199. The highest BCUT2D eigenvalue weighted by molar-refractivity contribution is 5.95. The summed E-state index contributed by atoms with van der Waals surface area (Å²) in [6, 6.07) is 14.4. The summed E-state index contributed by atoms with van der Waals surface area (Å²) in [6.07, 6.45) is 1.89. The van der Waals surface area contributed by atoms with Crippen LogP contribution in [0.1, 0.15) is 34.8 Å². The topological polar surface area (TPSA) is 32.8 Å². The van der Waals surface area contributed by atoms with Crippen LogP contribution in [0, 0.1) is 5.82 Å². The fraction of sp³-hybridized carbons (Fsp3) is 0.381. The second kappa shape index (κ2) is 7.46. The number of benzene rings is 2. The van der Waals surface area contributed by atoms with Gasteiger partial charge in [-0.05, 0) is 48.7 Å². The van der Waals surface area contributed by atoms with Crippen LogP contribution >= 0.6 is 0 Å². The van der Waals surface area contributed by atoms with Gasteiger partial charge in [0.15, 0.2) is 0 Å². The maximum atomic E-state index is 13.2. The first kappa shape index (κ1) is 17.0. The van der Waals surface area contributed by atoms with Gasteiger partial charge in [-0.2, -0.15) is 0 Å². The van der Waals surface area contributed by atoms with Gasteiger partial charge in [0.05, 0.1) is 19.3 Å². The molecule has 26 heavy (non-hydrogen) atoms. The molecule has 0 radical (unpaired) electrons. The molecule has 2 aromatic carbocycles. The maximum absolute atomic E-state index is 13.2. The molecule has 1 amide bonds. The molecule has 0 aliphatic carbocycles. The second-order valence-electron chi connectivity index (χ2n) is 6.86. The third-order valence-corrected chi connectivity index (χ3v) is 5.24. The molecule has 0 bridgehead atoms. The lowest BCUT2D eigenvalue weighted by Crippen LogP contribution is -2.36. The molecule has 0 spiro atoms. The lowest BCUT2D eigenvalue weighted by Gasteiger charge is -2.30. The van der Waals surface area contributed by atoms with Crippen LogP contribution in [-0.2, 0) is 4.74 Å². The smallest absolute Gasteiger partial charge is 0.254 e. The number of likely N-dealkylation sites (tertiary alicyclic amines) is 1. The van der Waals surface area contributed by atoms with E-state index in [1.54, 1.807) is 12.1 Å². The van der Waals surface area contributed by atoms with Crippen molar-refractivity contribution >= 4 is 11.6 Å². The fourth-order valence-corrected chi connectivity index (χ4v) is 3.86. The fourth-order valence-electron chi connectivity index (χ4n) is 3.86. The van der Waals surface area contributed by atoms with E-state index in [9.17, 15) is 9.18 Å².